The predicted molar refractivity (Wildman–Crippen MR) is 54.0 cm³/mol. The Hall–Kier alpha value is -0.630. The lowest BCUT2D eigenvalue weighted by Crippen LogP contribution is -2.34. The Labute approximate surface area is 79.1 Å². The van der Waals surface area contributed by atoms with Crippen molar-refractivity contribution in [2.45, 2.75) is 31.3 Å². The summed E-state index contributed by atoms with van der Waals surface area (Å²) in [5.74, 6) is 1.69. The van der Waals surface area contributed by atoms with Crippen molar-refractivity contribution in [2.75, 3.05) is 6.54 Å². The molecule has 70 valence electrons. The van der Waals surface area contributed by atoms with Crippen LogP contribution in [0.5, 0.6) is 0 Å². The molecule has 1 aliphatic carbocycles. The number of fused-ring (bicyclic) bond motifs is 3. The van der Waals surface area contributed by atoms with Gasteiger partial charge < -0.3 is 5.32 Å². The van der Waals surface area contributed by atoms with Crippen molar-refractivity contribution < 1.29 is 0 Å². The van der Waals surface area contributed by atoms with E-state index in [1.54, 1.807) is 0 Å². The molecule has 0 spiro atoms. The van der Waals surface area contributed by atoms with E-state index in [1.807, 2.05) is 0 Å². The van der Waals surface area contributed by atoms with Gasteiger partial charge >= 0.3 is 0 Å². The van der Waals surface area contributed by atoms with E-state index < -0.39 is 0 Å². The lowest BCUT2D eigenvalue weighted by atomic mass is 9.80. The van der Waals surface area contributed by atoms with Crippen LogP contribution in [0.3, 0.4) is 0 Å². The Bertz CT molecular complexity index is 231. The van der Waals surface area contributed by atoms with Gasteiger partial charge in [-0.2, -0.15) is 0 Å². The third-order valence-electron chi connectivity index (χ3n) is 3.78. The van der Waals surface area contributed by atoms with Gasteiger partial charge in [0, 0.05) is 24.8 Å². The number of hydrogen-bond donors (Lipinski definition) is 1. The average molecular weight is 176 g/mol. The molecular weight excluding hydrogens is 160 g/mol. The van der Waals surface area contributed by atoms with E-state index in [2.05, 4.69) is 28.7 Å². The zero-order valence-electron chi connectivity index (χ0n) is 7.82. The standard InChI is InChI=1S/C11H16N2/c1-2-4-10-8(3-1)9-7-12-6-5-11(9)13-10/h1-2,6,8-11,13H,3-5,7H2. The molecule has 0 aromatic rings. The summed E-state index contributed by atoms with van der Waals surface area (Å²) in [5, 5.41) is 3.75. The molecule has 0 saturated carbocycles. The molecule has 0 aromatic carbocycles. The van der Waals surface area contributed by atoms with E-state index in [0.717, 1.165) is 36.9 Å². The summed E-state index contributed by atoms with van der Waals surface area (Å²) in [6, 6.07) is 1.48. The first-order chi connectivity index (χ1) is 6.45. The van der Waals surface area contributed by atoms with E-state index >= 15 is 0 Å². The van der Waals surface area contributed by atoms with Crippen LogP contribution < -0.4 is 5.32 Å². The smallest absolute Gasteiger partial charge is 0.0432 e. The Morgan fingerprint density at radius 2 is 1.85 bits per heavy atom. The molecule has 3 rings (SSSR count). The SMILES string of the molecule is C1=CCC2C(C1)NC1CC=NCC12. The fourth-order valence-corrected chi connectivity index (χ4v) is 3.09. The summed E-state index contributed by atoms with van der Waals surface area (Å²) in [5.41, 5.74) is 0. The number of rotatable bonds is 0. The molecule has 0 radical (unpaired) electrons. The van der Waals surface area contributed by atoms with Crippen LogP contribution in [-0.4, -0.2) is 24.8 Å². The van der Waals surface area contributed by atoms with Crippen molar-refractivity contribution in [1.29, 1.82) is 0 Å². The number of nitrogens with one attached hydrogen (secondary N) is 1. The molecule has 4 atom stereocenters. The number of allylic oxidation sites excluding steroid dienone is 1. The van der Waals surface area contributed by atoms with E-state index in [4.69, 9.17) is 0 Å². The first-order valence-electron chi connectivity index (χ1n) is 5.34. The van der Waals surface area contributed by atoms with Gasteiger partial charge in [-0.3, -0.25) is 4.99 Å². The highest BCUT2D eigenvalue weighted by Gasteiger charge is 2.42. The lowest BCUT2D eigenvalue weighted by molar-refractivity contribution is 0.339. The topological polar surface area (TPSA) is 24.4 Å². The monoisotopic (exact) mass is 176 g/mol. The normalized spacial score (nSPS) is 47.4. The highest BCUT2D eigenvalue weighted by Crippen LogP contribution is 2.37. The fourth-order valence-electron chi connectivity index (χ4n) is 3.09. The summed E-state index contributed by atoms with van der Waals surface area (Å²) in [6.07, 6.45) is 10.4. The fraction of sp³-hybridized carbons (Fsp3) is 0.727. The first-order valence-corrected chi connectivity index (χ1v) is 5.34. The van der Waals surface area contributed by atoms with Crippen molar-refractivity contribution in [3.63, 3.8) is 0 Å². The largest absolute Gasteiger partial charge is 0.310 e. The minimum atomic E-state index is 0.729. The summed E-state index contributed by atoms with van der Waals surface area (Å²) in [6.45, 7) is 1.06. The molecule has 2 aliphatic heterocycles. The van der Waals surface area contributed by atoms with Crippen LogP contribution in [0.25, 0.3) is 0 Å². The number of aliphatic imine (C=N–C) groups is 1. The van der Waals surface area contributed by atoms with E-state index in [-0.39, 0.29) is 0 Å². The minimum absolute atomic E-state index is 0.729. The molecule has 1 fully saturated rings. The molecule has 0 amide bonds. The van der Waals surface area contributed by atoms with Gasteiger partial charge in [0.25, 0.3) is 0 Å². The number of hydrogen-bond acceptors (Lipinski definition) is 2. The van der Waals surface area contributed by atoms with Gasteiger partial charge in [0.15, 0.2) is 0 Å². The van der Waals surface area contributed by atoms with Crippen LogP contribution >= 0.6 is 0 Å². The van der Waals surface area contributed by atoms with Gasteiger partial charge in [-0.25, -0.2) is 0 Å². The third kappa shape index (κ3) is 1.16. The Kier molecular flexibility index (Phi) is 1.76. The Balaban J connectivity index is 1.83. The van der Waals surface area contributed by atoms with Crippen molar-refractivity contribution in [1.82, 2.24) is 5.32 Å². The van der Waals surface area contributed by atoms with E-state index in [9.17, 15) is 0 Å². The molecule has 0 aromatic heterocycles. The molecule has 1 saturated heterocycles. The molecule has 2 heteroatoms. The maximum atomic E-state index is 4.42. The van der Waals surface area contributed by atoms with Crippen molar-refractivity contribution in [3.8, 4) is 0 Å². The molecule has 2 heterocycles. The molecule has 3 aliphatic rings. The van der Waals surface area contributed by atoms with Crippen molar-refractivity contribution in [2.24, 2.45) is 16.8 Å². The number of nitrogens with zero attached hydrogens (tertiary/aromatic N) is 1. The van der Waals surface area contributed by atoms with Crippen LogP contribution in [0.4, 0.5) is 0 Å². The predicted octanol–water partition coefficient (Wildman–Crippen LogP) is 1.38. The third-order valence-corrected chi connectivity index (χ3v) is 3.78. The lowest BCUT2D eigenvalue weighted by Gasteiger charge is -2.26. The van der Waals surface area contributed by atoms with Crippen molar-refractivity contribution >= 4 is 6.21 Å². The molecular formula is C11H16N2. The molecule has 4 unspecified atom stereocenters. The summed E-state index contributed by atoms with van der Waals surface area (Å²) >= 11 is 0. The van der Waals surface area contributed by atoms with Crippen LogP contribution in [0.2, 0.25) is 0 Å². The zero-order chi connectivity index (χ0) is 8.67. The maximum Gasteiger partial charge on any atom is 0.0432 e. The Morgan fingerprint density at radius 3 is 2.85 bits per heavy atom. The van der Waals surface area contributed by atoms with Gasteiger partial charge in [0.1, 0.15) is 0 Å². The maximum absolute atomic E-state index is 4.42. The van der Waals surface area contributed by atoms with Crippen LogP contribution in [-0.2, 0) is 0 Å². The summed E-state index contributed by atoms with van der Waals surface area (Å²) < 4.78 is 0. The second-order valence-corrected chi connectivity index (χ2v) is 4.43. The molecule has 0 bridgehead atoms. The van der Waals surface area contributed by atoms with Crippen LogP contribution in [0.15, 0.2) is 17.1 Å². The minimum Gasteiger partial charge on any atom is -0.310 e. The summed E-state index contributed by atoms with van der Waals surface area (Å²) in [4.78, 5) is 4.42. The van der Waals surface area contributed by atoms with Crippen LogP contribution in [0, 0.1) is 11.8 Å². The Morgan fingerprint density at radius 1 is 1.00 bits per heavy atom. The van der Waals surface area contributed by atoms with Gasteiger partial charge in [-0.05, 0) is 31.1 Å². The molecule has 1 N–H and O–H groups in total. The van der Waals surface area contributed by atoms with Crippen molar-refractivity contribution in [3.05, 3.63) is 12.2 Å². The first kappa shape index (κ1) is 7.74. The van der Waals surface area contributed by atoms with Gasteiger partial charge in [0.05, 0.1) is 0 Å². The van der Waals surface area contributed by atoms with E-state index in [0.29, 0.717) is 0 Å². The zero-order valence-corrected chi connectivity index (χ0v) is 7.82. The second kappa shape index (κ2) is 2.95. The highest BCUT2D eigenvalue weighted by molar-refractivity contribution is 5.59. The highest BCUT2D eigenvalue weighted by atomic mass is 15.0. The average Bonchev–Trinajstić information content (AvgIpc) is 2.56. The molecule has 2 nitrogen and oxygen atoms in total. The van der Waals surface area contributed by atoms with Gasteiger partial charge in [0.2, 0.25) is 0 Å². The quantitative estimate of drug-likeness (QED) is 0.554. The van der Waals surface area contributed by atoms with Crippen LogP contribution in [0.1, 0.15) is 19.3 Å². The van der Waals surface area contributed by atoms with E-state index in [1.165, 1.54) is 12.8 Å². The van der Waals surface area contributed by atoms with Gasteiger partial charge in [-0.15, -0.1) is 0 Å². The summed E-state index contributed by atoms with van der Waals surface area (Å²) in [7, 11) is 0. The second-order valence-electron chi connectivity index (χ2n) is 4.43. The van der Waals surface area contributed by atoms with Gasteiger partial charge in [-0.1, -0.05) is 12.2 Å². The molecule has 13 heavy (non-hydrogen) atoms.